The Labute approximate surface area is 97.8 Å². The summed E-state index contributed by atoms with van der Waals surface area (Å²) in [6, 6.07) is -0.0637. The van der Waals surface area contributed by atoms with Crippen molar-refractivity contribution in [1.82, 2.24) is 10.6 Å². The van der Waals surface area contributed by atoms with Gasteiger partial charge in [0.05, 0.1) is 11.6 Å². The fraction of sp³-hybridized carbons (Fsp3) is 0.917. The third-order valence-corrected chi connectivity index (χ3v) is 3.06. The Morgan fingerprint density at radius 1 is 1.56 bits per heavy atom. The lowest BCUT2D eigenvalue weighted by Crippen LogP contribution is -2.50. The molecule has 4 nitrogen and oxygen atoms in total. The summed E-state index contributed by atoms with van der Waals surface area (Å²) in [6.07, 6.45) is 4.80. The quantitative estimate of drug-likeness (QED) is 0.652. The molecule has 1 amide bonds. The van der Waals surface area contributed by atoms with E-state index in [1.807, 2.05) is 6.92 Å². The van der Waals surface area contributed by atoms with Crippen LogP contribution in [0.2, 0.25) is 0 Å². The number of carbonyl (C=O) groups excluding carboxylic acids is 1. The highest BCUT2D eigenvalue weighted by molar-refractivity contribution is 5.81. The van der Waals surface area contributed by atoms with E-state index in [4.69, 9.17) is 0 Å². The van der Waals surface area contributed by atoms with E-state index in [-0.39, 0.29) is 11.9 Å². The van der Waals surface area contributed by atoms with Crippen LogP contribution in [0.3, 0.4) is 0 Å². The summed E-state index contributed by atoms with van der Waals surface area (Å²) in [5.41, 5.74) is -0.779. The molecule has 1 heterocycles. The summed E-state index contributed by atoms with van der Waals surface area (Å²) in [4.78, 5) is 11.8. The molecule has 0 bridgehead atoms. The lowest BCUT2D eigenvalue weighted by atomic mass is 10.00. The average Bonchev–Trinajstić information content (AvgIpc) is 2.27. The Morgan fingerprint density at radius 3 is 2.88 bits per heavy atom. The van der Waals surface area contributed by atoms with Gasteiger partial charge in [-0.3, -0.25) is 4.79 Å². The van der Waals surface area contributed by atoms with Gasteiger partial charge in [-0.25, -0.2) is 0 Å². The van der Waals surface area contributed by atoms with Gasteiger partial charge in [0, 0.05) is 6.54 Å². The number of hydrogen-bond donors (Lipinski definition) is 3. The van der Waals surface area contributed by atoms with Gasteiger partial charge >= 0.3 is 0 Å². The van der Waals surface area contributed by atoms with Crippen LogP contribution in [-0.4, -0.2) is 35.7 Å². The van der Waals surface area contributed by atoms with E-state index in [0.717, 1.165) is 32.2 Å². The number of aliphatic hydroxyl groups is 1. The molecule has 0 spiro atoms. The molecule has 0 saturated carbocycles. The minimum Gasteiger partial charge on any atom is -0.388 e. The molecule has 1 fully saturated rings. The molecule has 0 aromatic heterocycles. The van der Waals surface area contributed by atoms with Crippen molar-refractivity contribution in [3.8, 4) is 0 Å². The van der Waals surface area contributed by atoms with Crippen LogP contribution >= 0.6 is 0 Å². The lowest BCUT2D eigenvalue weighted by Gasteiger charge is -2.26. The first-order chi connectivity index (χ1) is 7.55. The maximum atomic E-state index is 11.8. The number of piperidine rings is 1. The van der Waals surface area contributed by atoms with Gasteiger partial charge in [0.15, 0.2) is 0 Å². The Bertz CT molecular complexity index is 223. The largest absolute Gasteiger partial charge is 0.388 e. The standard InChI is InChI=1S/C12H24N2O2/c1-3-7-12(2,16)9-14-11(15)10-6-4-5-8-13-10/h10,13,16H,3-9H2,1-2H3,(H,14,15)/t10-,12?/m1/s1. The maximum Gasteiger partial charge on any atom is 0.237 e. The van der Waals surface area contributed by atoms with Gasteiger partial charge in [-0.1, -0.05) is 19.8 Å². The minimum atomic E-state index is -0.779. The van der Waals surface area contributed by atoms with Crippen LogP contribution in [-0.2, 0) is 4.79 Å². The Kier molecular flexibility index (Phi) is 5.22. The molecular formula is C12H24N2O2. The molecule has 1 unspecified atom stereocenters. The van der Waals surface area contributed by atoms with E-state index in [2.05, 4.69) is 10.6 Å². The highest BCUT2D eigenvalue weighted by atomic mass is 16.3. The zero-order chi connectivity index (χ0) is 12.0. The first-order valence-corrected chi connectivity index (χ1v) is 6.28. The second-order valence-corrected chi connectivity index (χ2v) is 4.97. The molecule has 1 rings (SSSR count). The van der Waals surface area contributed by atoms with Gasteiger partial charge < -0.3 is 15.7 Å². The maximum absolute atomic E-state index is 11.8. The zero-order valence-corrected chi connectivity index (χ0v) is 10.4. The number of carbonyl (C=O) groups is 1. The van der Waals surface area contributed by atoms with Gasteiger partial charge in [0.1, 0.15) is 0 Å². The summed E-state index contributed by atoms with van der Waals surface area (Å²) in [6.45, 7) is 5.06. The van der Waals surface area contributed by atoms with Crippen molar-refractivity contribution in [2.75, 3.05) is 13.1 Å². The molecule has 1 aliphatic rings. The fourth-order valence-corrected chi connectivity index (χ4v) is 2.10. The molecule has 2 atom stereocenters. The summed E-state index contributed by atoms with van der Waals surface area (Å²) in [5.74, 6) is 0.0241. The summed E-state index contributed by atoms with van der Waals surface area (Å²) < 4.78 is 0. The molecule has 16 heavy (non-hydrogen) atoms. The lowest BCUT2D eigenvalue weighted by molar-refractivity contribution is -0.124. The van der Waals surface area contributed by atoms with Crippen LogP contribution in [0.15, 0.2) is 0 Å². The van der Waals surface area contributed by atoms with E-state index in [0.29, 0.717) is 13.0 Å². The van der Waals surface area contributed by atoms with Gasteiger partial charge in [0.25, 0.3) is 0 Å². The number of amides is 1. The summed E-state index contributed by atoms with van der Waals surface area (Å²) in [7, 11) is 0. The second-order valence-electron chi connectivity index (χ2n) is 4.97. The van der Waals surface area contributed by atoms with Gasteiger partial charge in [-0.05, 0) is 32.7 Å². The van der Waals surface area contributed by atoms with Crippen molar-refractivity contribution < 1.29 is 9.90 Å². The Morgan fingerprint density at radius 2 is 2.31 bits per heavy atom. The third kappa shape index (κ3) is 4.49. The predicted octanol–water partition coefficient (Wildman–Crippen LogP) is 0.796. The molecule has 1 saturated heterocycles. The molecule has 1 aliphatic heterocycles. The smallest absolute Gasteiger partial charge is 0.237 e. The van der Waals surface area contributed by atoms with E-state index in [1.54, 1.807) is 6.92 Å². The summed E-state index contributed by atoms with van der Waals surface area (Å²) >= 11 is 0. The van der Waals surface area contributed by atoms with Crippen molar-refractivity contribution in [1.29, 1.82) is 0 Å². The normalized spacial score (nSPS) is 24.8. The van der Waals surface area contributed by atoms with E-state index in [9.17, 15) is 9.90 Å². The molecular weight excluding hydrogens is 204 g/mol. The second kappa shape index (κ2) is 6.21. The summed E-state index contributed by atoms with van der Waals surface area (Å²) in [5, 5.41) is 15.9. The van der Waals surface area contributed by atoms with Crippen LogP contribution in [0.5, 0.6) is 0 Å². The molecule has 4 heteroatoms. The van der Waals surface area contributed by atoms with Crippen molar-refractivity contribution >= 4 is 5.91 Å². The SMILES string of the molecule is CCCC(C)(O)CNC(=O)[C@H]1CCCCN1. The monoisotopic (exact) mass is 228 g/mol. The molecule has 94 valence electrons. The van der Waals surface area contributed by atoms with Gasteiger partial charge in [-0.2, -0.15) is 0 Å². The highest BCUT2D eigenvalue weighted by Gasteiger charge is 2.24. The van der Waals surface area contributed by atoms with E-state index in [1.165, 1.54) is 0 Å². The Balaban J connectivity index is 2.28. The number of rotatable bonds is 5. The van der Waals surface area contributed by atoms with E-state index < -0.39 is 5.60 Å². The van der Waals surface area contributed by atoms with Crippen molar-refractivity contribution in [2.24, 2.45) is 0 Å². The van der Waals surface area contributed by atoms with Crippen LogP contribution in [0.1, 0.15) is 46.0 Å². The van der Waals surface area contributed by atoms with Crippen molar-refractivity contribution in [3.63, 3.8) is 0 Å². The van der Waals surface area contributed by atoms with Crippen LogP contribution in [0.4, 0.5) is 0 Å². The molecule has 0 aliphatic carbocycles. The van der Waals surface area contributed by atoms with Gasteiger partial charge in [-0.15, -0.1) is 0 Å². The average molecular weight is 228 g/mol. The van der Waals surface area contributed by atoms with Crippen LogP contribution in [0.25, 0.3) is 0 Å². The molecule has 0 aromatic rings. The van der Waals surface area contributed by atoms with Crippen LogP contribution < -0.4 is 10.6 Å². The third-order valence-electron chi connectivity index (χ3n) is 3.06. The van der Waals surface area contributed by atoms with Crippen LogP contribution in [0, 0.1) is 0 Å². The molecule has 0 aromatic carbocycles. The number of nitrogens with one attached hydrogen (secondary N) is 2. The topological polar surface area (TPSA) is 61.4 Å². The zero-order valence-electron chi connectivity index (χ0n) is 10.4. The molecule has 0 radical (unpaired) electrons. The Hall–Kier alpha value is -0.610. The highest BCUT2D eigenvalue weighted by Crippen LogP contribution is 2.11. The molecule has 3 N–H and O–H groups in total. The van der Waals surface area contributed by atoms with E-state index >= 15 is 0 Å². The first-order valence-electron chi connectivity index (χ1n) is 6.28. The predicted molar refractivity (Wildman–Crippen MR) is 64.2 cm³/mol. The minimum absolute atomic E-state index is 0.0241. The number of hydrogen-bond acceptors (Lipinski definition) is 3. The van der Waals surface area contributed by atoms with Crippen molar-refractivity contribution in [2.45, 2.75) is 57.6 Å². The fourth-order valence-electron chi connectivity index (χ4n) is 2.10. The van der Waals surface area contributed by atoms with Crippen molar-refractivity contribution in [3.05, 3.63) is 0 Å². The van der Waals surface area contributed by atoms with Gasteiger partial charge in [0.2, 0.25) is 5.91 Å². The first kappa shape index (κ1) is 13.5.